The van der Waals surface area contributed by atoms with E-state index in [0.717, 1.165) is 5.56 Å². The van der Waals surface area contributed by atoms with E-state index in [4.69, 9.17) is 28.6 Å². The SMILES string of the molecule is CC(C)Oc1ccccc1C(=O)NC(=S)NCc1ccccc1Cl. The zero-order valence-corrected chi connectivity index (χ0v) is 15.1. The molecule has 0 atom stereocenters. The molecule has 0 bridgehead atoms. The third-order valence-electron chi connectivity index (χ3n) is 3.12. The Bertz CT molecular complexity index is 734. The maximum atomic E-state index is 12.4. The predicted molar refractivity (Wildman–Crippen MR) is 101 cm³/mol. The first-order valence-corrected chi connectivity index (χ1v) is 8.34. The van der Waals surface area contributed by atoms with Crippen LogP contribution >= 0.6 is 23.8 Å². The minimum Gasteiger partial charge on any atom is -0.490 e. The van der Waals surface area contributed by atoms with Crippen LogP contribution in [0.15, 0.2) is 48.5 Å². The second-order valence-corrected chi connectivity index (χ2v) is 6.21. The number of carbonyl (C=O) groups is 1. The van der Waals surface area contributed by atoms with E-state index in [1.54, 1.807) is 24.3 Å². The molecule has 0 aliphatic carbocycles. The summed E-state index contributed by atoms with van der Waals surface area (Å²) >= 11 is 11.3. The van der Waals surface area contributed by atoms with Crippen molar-refractivity contribution >= 4 is 34.8 Å². The molecule has 0 heterocycles. The molecule has 24 heavy (non-hydrogen) atoms. The Labute approximate surface area is 152 Å². The Morgan fingerprint density at radius 2 is 1.83 bits per heavy atom. The largest absolute Gasteiger partial charge is 0.490 e. The highest BCUT2D eigenvalue weighted by Gasteiger charge is 2.14. The highest BCUT2D eigenvalue weighted by Crippen LogP contribution is 2.19. The Morgan fingerprint density at radius 3 is 2.54 bits per heavy atom. The van der Waals surface area contributed by atoms with E-state index in [2.05, 4.69) is 10.6 Å². The number of para-hydroxylation sites is 1. The van der Waals surface area contributed by atoms with Gasteiger partial charge >= 0.3 is 0 Å². The molecule has 6 heteroatoms. The van der Waals surface area contributed by atoms with Gasteiger partial charge in [0.25, 0.3) is 5.91 Å². The summed E-state index contributed by atoms with van der Waals surface area (Å²) in [5, 5.41) is 6.52. The van der Waals surface area contributed by atoms with Gasteiger partial charge in [-0.15, -0.1) is 0 Å². The predicted octanol–water partition coefficient (Wildman–Crippen LogP) is 3.93. The molecule has 126 valence electrons. The summed E-state index contributed by atoms with van der Waals surface area (Å²) in [4.78, 5) is 12.4. The molecule has 0 spiro atoms. The van der Waals surface area contributed by atoms with E-state index in [9.17, 15) is 4.79 Å². The molecule has 1 amide bonds. The average Bonchev–Trinajstić information content (AvgIpc) is 2.54. The van der Waals surface area contributed by atoms with Crippen molar-refractivity contribution in [2.24, 2.45) is 0 Å². The summed E-state index contributed by atoms with van der Waals surface area (Å²) in [5.41, 5.74) is 1.34. The van der Waals surface area contributed by atoms with E-state index in [1.165, 1.54) is 0 Å². The van der Waals surface area contributed by atoms with Crippen LogP contribution in [-0.2, 0) is 6.54 Å². The number of halogens is 1. The molecule has 0 radical (unpaired) electrons. The zero-order chi connectivity index (χ0) is 17.5. The quantitative estimate of drug-likeness (QED) is 0.791. The average molecular weight is 363 g/mol. The monoisotopic (exact) mass is 362 g/mol. The molecule has 2 N–H and O–H groups in total. The van der Waals surface area contributed by atoms with Crippen LogP contribution in [0, 0.1) is 0 Å². The lowest BCUT2D eigenvalue weighted by Gasteiger charge is -2.15. The van der Waals surface area contributed by atoms with Crippen LogP contribution in [0.25, 0.3) is 0 Å². The normalized spacial score (nSPS) is 10.3. The molecule has 0 aliphatic rings. The highest BCUT2D eigenvalue weighted by molar-refractivity contribution is 7.80. The van der Waals surface area contributed by atoms with E-state index in [1.807, 2.05) is 38.1 Å². The highest BCUT2D eigenvalue weighted by atomic mass is 35.5. The van der Waals surface area contributed by atoms with Crippen molar-refractivity contribution in [2.45, 2.75) is 26.5 Å². The van der Waals surface area contributed by atoms with Crippen molar-refractivity contribution in [2.75, 3.05) is 0 Å². The molecule has 2 rings (SSSR count). The van der Waals surface area contributed by atoms with Gasteiger partial charge in [-0.05, 0) is 49.8 Å². The van der Waals surface area contributed by atoms with E-state index in [-0.39, 0.29) is 17.1 Å². The van der Waals surface area contributed by atoms with Crippen LogP contribution < -0.4 is 15.4 Å². The third kappa shape index (κ3) is 5.22. The number of ether oxygens (including phenoxy) is 1. The minimum atomic E-state index is -0.317. The fourth-order valence-corrected chi connectivity index (χ4v) is 2.41. The lowest BCUT2D eigenvalue weighted by Crippen LogP contribution is -2.39. The third-order valence-corrected chi connectivity index (χ3v) is 3.73. The number of thiocarbonyl (C=S) groups is 1. The lowest BCUT2D eigenvalue weighted by atomic mass is 10.2. The van der Waals surface area contributed by atoms with Crippen molar-refractivity contribution in [3.63, 3.8) is 0 Å². The molecular weight excluding hydrogens is 344 g/mol. The van der Waals surface area contributed by atoms with Crippen molar-refractivity contribution < 1.29 is 9.53 Å². The smallest absolute Gasteiger partial charge is 0.261 e. The van der Waals surface area contributed by atoms with E-state index < -0.39 is 0 Å². The first kappa shape index (κ1) is 18.2. The van der Waals surface area contributed by atoms with Crippen LogP contribution in [-0.4, -0.2) is 17.1 Å². The molecule has 2 aromatic carbocycles. The molecular formula is C18H19ClN2O2S. The summed E-state index contributed by atoms with van der Waals surface area (Å²) in [6.07, 6.45) is -0.0238. The number of benzene rings is 2. The van der Waals surface area contributed by atoms with Crippen molar-refractivity contribution in [3.05, 3.63) is 64.7 Å². The van der Waals surface area contributed by atoms with Gasteiger partial charge in [-0.25, -0.2) is 0 Å². The van der Waals surface area contributed by atoms with Crippen molar-refractivity contribution in [1.82, 2.24) is 10.6 Å². The van der Waals surface area contributed by atoms with Crippen molar-refractivity contribution in [1.29, 1.82) is 0 Å². The summed E-state index contributed by atoms with van der Waals surface area (Å²) < 4.78 is 5.65. The van der Waals surface area contributed by atoms with Gasteiger partial charge in [-0.3, -0.25) is 10.1 Å². The number of hydrogen-bond acceptors (Lipinski definition) is 3. The molecule has 0 fully saturated rings. The summed E-state index contributed by atoms with van der Waals surface area (Å²) in [6.45, 7) is 4.25. The number of hydrogen-bond donors (Lipinski definition) is 2. The first-order chi connectivity index (χ1) is 11.5. The van der Waals surface area contributed by atoms with Crippen LogP contribution in [0.5, 0.6) is 5.75 Å². The molecule has 0 aromatic heterocycles. The van der Waals surface area contributed by atoms with Crippen molar-refractivity contribution in [3.8, 4) is 5.75 Å². The Hall–Kier alpha value is -2.11. The fraction of sp³-hybridized carbons (Fsp3) is 0.222. The van der Waals surface area contributed by atoms with Gasteiger partial charge in [0, 0.05) is 11.6 Å². The number of carbonyl (C=O) groups excluding carboxylic acids is 1. The standard InChI is InChI=1S/C18H19ClN2O2S/c1-12(2)23-16-10-6-4-8-14(16)17(22)21-18(24)20-11-13-7-3-5-9-15(13)19/h3-10,12H,11H2,1-2H3,(H2,20,21,22,24). The zero-order valence-electron chi connectivity index (χ0n) is 13.5. The van der Waals surface area contributed by atoms with Crippen LogP contribution in [0.3, 0.4) is 0 Å². The molecule has 0 unspecified atom stereocenters. The molecule has 0 saturated heterocycles. The lowest BCUT2D eigenvalue weighted by molar-refractivity contribution is 0.0971. The van der Waals surface area contributed by atoms with Gasteiger partial charge in [0.05, 0.1) is 11.7 Å². The van der Waals surface area contributed by atoms with Gasteiger partial charge in [-0.2, -0.15) is 0 Å². The summed E-state index contributed by atoms with van der Waals surface area (Å²) in [5.74, 6) is 0.210. The number of nitrogens with one attached hydrogen (secondary N) is 2. The van der Waals surface area contributed by atoms with Gasteiger partial charge in [0.2, 0.25) is 0 Å². The first-order valence-electron chi connectivity index (χ1n) is 7.55. The van der Waals surface area contributed by atoms with Crippen LogP contribution in [0.4, 0.5) is 0 Å². The number of amides is 1. The van der Waals surface area contributed by atoms with Crippen LogP contribution in [0.2, 0.25) is 5.02 Å². The van der Waals surface area contributed by atoms with Gasteiger partial charge in [0.15, 0.2) is 5.11 Å². The van der Waals surface area contributed by atoms with E-state index in [0.29, 0.717) is 22.9 Å². The van der Waals surface area contributed by atoms with E-state index >= 15 is 0 Å². The second-order valence-electron chi connectivity index (χ2n) is 5.39. The topological polar surface area (TPSA) is 50.4 Å². The molecule has 0 saturated carbocycles. The Morgan fingerprint density at radius 1 is 1.17 bits per heavy atom. The molecule has 2 aromatic rings. The maximum Gasteiger partial charge on any atom is 0.261 e. The Kier molecular flexibility index (Phi) is 6.58. The summed E-state index contributed by atoms with van der Waals surface area (Å²) in [6, 6.07) is 14.5. The summed E-state index contributed by atoms with van der Waals surface area (Å²) in [7, 11) is 0. The minimum absolute atomic E-state index is 0.0238. The molecule has 0 aliphatic heterocycles. The van der Waals surface area contributed by atoms with Gasteiger partial charge in [-0.1, -0.05) is 41.9 Å². The fourth-order valence-electron chi connectivity index (χ4n) is 2.04. The molecule has 4 nitrogen and oxygen atoms in total. The number of rotatable bonds is 5. The van der Waals surface area contributed by atoms with Gasteiger partial charge < -0.3 is 10.1 Å². The Balaban J connectivity index is 1.97. The second kappa shape index (κ2) is 8.66. The van der Waals surface area contributed by atoms with Gasteiger partial charge in [0.1, 0.15) is 5.75 Å². The maximum absolute atomic E-state index is 12.4. The van der Waals surface area contributed by atoms with Crippen LogP contribution in [0.1, 0.15) is 29.8 Å².